The second-order valence-electron chi connectivity index (χ2n) is 8.61. The molecular formula is C25H30ClN5O5. The first-order valence-electron chi connectivity index (χ1n) is 11.3. The van der Waals surface area contributed by atoms with Crippen molar-refractivity contribution in [1.82, 2.24) is 19.9 Å². The number of benzene rings is 1. The van der Waals surface area contributed by atoms with E-state index in [2.05, 4.69) is 15.0 Å². The molecule has 1 atom stereocenters. The molecule has 2 heterocycles. The van der Waals surface area contributed by atoms with Crippen LogP contribution in [0, 0.1) is 13.8 Å². The number of rotatable bonds is 10. The zero-order valence-electron chi connectivity index (χ0n) is 20.9. The summed E-state index contributed by atoms with van der Waals surface area (Å²) in [6, 6.07) is 4.84. The Morgan fingerprint density at radius 2 is 1.97 bits per heavy atom. The maximum Gasteiger partial charge on any atom is 0.310 e. The number of anilines is 1. The number of imidazole rings is 1. The largest absolute Gasteiger partial charge is 0.469 e. The standard InChI is InChI=1S/C25H30ClN5O5/c1-13-6-18(20(10-32)28-13)25(34)31(4)14(2)11-36-12-21-24(30-15(3)29-21)17-7-16(9-22(33)35-5)23(27)19(26)8-17/h6-8,10,14,28H,9,11-12,27H2,1-5H3,(H,29,30). The fourth-order valence-corrected chi connectivity index (χ4v) is 4.02. The predicted octanol–water partition coefficient (Wildman–Crippen LogP) is 3.46. The molecule has 0 saturated carbocycles. The van der Waals surface area contributed by atoms with Crippen molar-refractivity contribution in [3.8, 4) is 11.3 Å². The van der Waals surface area contributed by atoms with Gasteiger partial charge in [0.1, 0.15) is 5.82 Å². The number of carbonyl (C=O) groups excluding carboxylic acids is 3. The summed E-state index contributed by atoms with van der Waals surface area (Å²) in [7, 11) is 2.97. The molecule has 36 heavy (non-hydrogen) atoms. The second kappa shape index (κ2) is 11.4. The van der Waals surface area contributed by atoms with Crippen LogP contribution in [-0.4, -0.2) is 64.8 Å². The lowest BCUT2D eigenvalue weighted by atomic mass is 10.0. The van der Waals surface area contributed by atoms with E-state index < -0.39 is 5.97 Å². The van der Waals surface area contributed by atoms with Gasteiger partial charge in [0.15, 0.2) is 6.29 Å². The van der Waals surface area contributed by atoms with Gasteiger partial charge in [0.2, 0.25) is 0 Å². The van der Waals surface area contributed by atoms with Crippen molar-refractivity contribution in [2.24, 2.45) is 0 Å². The molecule has 0 aliphatic carbocycles. The van der Waals surface area contributed by atoms with Gasteiger partial charge in [0.25, 0.3) is 5.91 Å². The smallest absolute Gasteiger partial charge is 0.310 e. The Morgan fingerprint density at radius 3 is 2.64 bits per heavy atom. The van der Waals surface area contributed by atoms with Crippen LogP contribution in [-0.2, 0) is 27.3 Å². The number of ether oxygens (including phenoxy) is 2. The molecule has 11 heteroatoms. The van der Waals surface area contributed by atoms with Crippen LogP contribution < -0.4 is 5.73 Å². The summed E-state index contributed by atoms with van der Waals surface area (Å²) in [6.07, 6.45) is 0.618. The van der Waals surface area contributed by atoms with Crippen LogP contribution in [0.25, 0.3) is 11.3 Å². The van der Waals surface area contributed by atoms with E-state index in [0.29, 0.717) is 50.9 Å². The average molecular weight is 516 g/mol. The van der Waals surface area contributed by atoms with E-state index in [-0.39, 0.29) is 37.3 Å². The molecule has 0 saturated heterocycles. The number of hydrogen-bond acceptors (Lipinski definition) is 7. The molecule has 0 fully saturated rings. The Labute approximate surface area is 214 Å². The molecule has 1 amide bonds. The number of nitrogens with one attached hydrogen (secondary N) is 2. The number of aromatic amines is 2. The monoisotopic (exact) mass is 515 g/mol. The van der Waals surface area contributed by atoms with Crippen molar-refractivity contribution < 1.29 is 23.9 Å². The first-order valence-corrected chi connectivity index (χ1v) is 11.6. The molecule has 2 aromatic heterocycles. The van der Waals surface area contributed by atoms with Crippen molar-refractivity contribution >= 4 is 35.5 Å². The molecule has 0 aliphatic heterocycles. The first kappa shape index (κ1) is 27.0. The van der Waals surface area contributed by atoms with Gasteiger partial charge in [-0.2, -0.15) is 0 Å². The molecule has 3 aromatic rings. The van der Waals surface area contributed by atoms with E-state index in [0.717, 1.165) is 5.69 Å². The predicted molar refractivity (Wildman–Crippen MR) is 136 cm³/mol. The van der Waals surface area contributed by atoms with E-state index >= 15 is 0 Å². The van der Waals surface area contributed by atoms with Gasteiger partial charge in [0, 0.05) is 18.3 Å². The van der Waals surface area contributed by atoms with Crippen LogP contribution in [0.5, 0.6) is 0 Å². The van der Waals surface area contributed by atoms with Crippen LogP contribution in [0.15, 0.2) is 18.2 Å². The summed E-state index contributed by atoms with van der Waals surface area (Å²) < 4.78 is 10.7. The highest BCUT2D eigenvalue weighted by molar-refractivity contribution is 6.33. The highest BCUT2D eigenvalue weighted by Gasteiger charge is 2.22. The summed E-state index contributed by atoms with van der Waals surface area (Å²) in [5.74, 6) is -0.0275. The number of nitrogens with two attached hydrogens (primary N) is 1. The van der Waals surface area contributed by atoms with E-state index in [1.807, 2.05) is 13.8 Å². The third kappa shape index (κ3) is 5.95. The number of likely N-dealkylation sites (N-methyl/N-ethyl adjacent to an activating group) is 1. The minimum absolute atomic E-state index is 0.0184. The number of H-pyrrole nitrogens is 2. The Kier molecular flexibility index (Phi) is 8.54. The number of aromatic nitrogens is 3. The maximum absolute atomic E-state index is 12.9. The van der Waals surface area contributed by atoms with Gasteiger partial charge in [-0.1, -0.05) is 11.6 Å². The summed E-state index contributed by atoms with van der Waals surface area (Å²) >= 11 is 6.33. The van der Waals surface area contributed by atoms with Crippen LogP contribution in [0.3, 0.4) is 0 Å². The zero-order chi connectivity index (χ0) is 26.6. The fourth-order valence-electron chi connectivity index (χ4n) is 3.78. The molecule has 0 radical (unpaired) electrons. The number of amides is 1. The number of methoxy groups -OCH3 is 1. The van der Waals surface area contributed by atoms with Crippen LogP contribution in [0.4, 0.5) is 5.69 Å². The zero-order valence-corrected chi connectivity index (χ0v) is 21.7. The molecular weight excluding hydrogens is 486 g/mol. The van der Waals surface area contributed by atoms with Gasteiger partial charge in [0.05, 0.1) is 66.1 Å². The lowest BCUT2D eigenvalue weighted by molar-refractivity contribution is -0.139. The molecule has 0 bridgehead atoms. The third-order valence-electron chi connectivity index (χ3n) is 5.87. The van der Waals surface area contributed by atoms with Crippen molar-refractivity contribution in [1.29, 1.82) is 0 Å². The Hall–Kier alpha value is -3.63. The topological polar surface area (TPSA) is 143 Å². The third-order valence-corrected chi connectivity index (χ3v) is 6.18. The molecule has 1 unspecified atom stereocenters. The van der Waals surface area contributed by atoms with Gasteiger partial charge in [-0.25, -0.2) is 4.98 Å². The minimum Gasteiger partial charge on any atom is -0.469 e. The second-order valence-corrected chi connectivity index (χ2v) is 9.02. The summed E-state index contributed by atoms with van der Waals surface area (Å²) in [5.41, 5.74) is 10.2. The normalized spacial score (nSPS) is 11.8. The summed E-state index contributed by atoms with van der Waals surface area (Å²) in [6.45, 7) is 5.90. The molecule has 10 nitrogen and oxygen atoms in total. The lowest BCUT2D eigenvalue weighted by Gasteiger charge is -2.24. The molecule has 0 aliphatic rings. The highest BCUT2D eigenvalue weighted by Crippen LogP contribution is 2.32. The molecule has 3 rings (SSSR count). The Balaban J connectivity index is 1.72. The molecule has 1 aromatic carbocycles. The van der Waals surface area contributed by atoms with Gasteiger partial charge < -0.3 is 30.1 Å². The number of aldehydes is 1. The number of nitrogen functional groups attached to an aromatic ring is 1. The quantitative estimate of drug-likeness (QED) is 0.213. The van der Waals surface area contributed by atoms with Gasteiger partial charge in [-0.3, -0.25) is 14.4 Å². The Bertz CT molecular complexity index is 1280. The summed E-state index contributed by atoms with van der Waals surface area (Å²) in [5, 5.41) is 0.308. The van der Waals surface area contributed by atoms with Crippen LogP contribution in [0.2, 0.25) is 5.02 Å². The number of nitrogens with zero attached hydrogens (tertiary/aromatic N) is 2. The molecule has 192 valence electrons. The Morgan fingerprint density at radius 1 is 1.25 bits per heavy atom. The highest BCUT2D eigenvalue weighted by atomic mass is 35.5. The van der Waals surface area contributed by atoms with Crippen molar-refractivity contribution in [2.45, 2.75) is 39.8 Å². The van der Waals surface area contributed by atoms with Crippen molar-refractivity contribution in [2.75, 3.05) is 26.5 Å². The first-order chi connectivity index (χ1) is 17.0. The van der Waals surface area contributed by atoms with Gasteiger partial charge in [-0.15, -0.1) is 0 Å². The lowest BCUT2D eigenvalue weighted by Crippen LogP contribution is -2.38. The summed E-state index contributed by atoms with van der Waals surface area (Å²) in [4.78, 5) is 48.1. The van der Waals surface area contributed by atoms with E-state index in [1.165, 1.54) is 12.0 Å². The average Bonchev–Trinajstić information content (AvgIpc) is 3.42. The van der Waals surface area contributed by atoms with Gasteiger partial charge >= 0.3 is 5.97 Å². The van der Waals surface area contributed by atoms with Gasteiger partial charge in [-0.05, 0) is 44.5 Å². The van der Waals surface area contributed by atoms with Crippen molar-refractivity contribution in [3.63, 3.8) is 0 Å². The number of esters is 1. The number of halogens is 1. The number of aryl methyl sites for hydroxylation is 2. The van der Waals surface area contributed by atoms with E-state index in [4.69, 9.17) is 26.8 Å². The van der Waals surface area contributed by atoms with Crippen LogP contribution in [0.1, 0.15) is 50.5 Å². The SMILES string of the molecule is COC(=O)Cc1cc(-c2nc(C)[nH]c2COCC(C)N(C)C(=O)c2cc(C)[nH]c2C=O)cc(Cl)c1N. The maximum atomic E-state index is 12.9. The number of hydrogen-bond donors (Lipinski definition) is 3. The van der Waals surface area contributed by atoms with E-state index in [9.17, 15) is 14.4 Å². The van der Waals surface area contributed by atoms with E-state index in [1.54, 1.807) is 32.2 Å². The van der Waals surface area contributed by atoms with Crippen LogP contribution >= 0.6 is 11.6 Å². The fraction of sp³-hybridized carbons (Fsp3) is 0.360. The minimum atomic E-state index is -0.431. The molecule has 4 N–H and O–H groups in total. The molecule has 0 spiro atoms. The van der Waals surface area contributed by atoms with Crippen molar-refractivity contribution in [3.05, 3.63) is 57.3 Å². The number of carbonyl (C=O) groups is 3.